The fourth-order valence-corrected chi connectivity index (χ4v) is 1.46. The minimum Gasteiger partial charge on any atom is -0.501 e. The fraction of sp³-hybridized carbons (Fsp3) is 0.700. The minimum absolute atomic E-state index is 0.0537. The quantitative estimate of drug-likeness (QED) is 0.709. The number of hydrogen-bond donors (Lipinski definition) is 1. The number of ketones is 1. The van der Waals surface area contributed by atoms with E-state index in [1.165, 1.54) is 0 Å². The standard InChI is InChI=1S/C10H17NO2/c1-8(6-11-2)10(12)9-4-3-5-13-7-9/h7-8,11H,3-6H2,1-2H3. The van der Waals surface area contributed by atoms with Gasteiger partial charge in [0.05, 0.1) is 12.9 Å². The molecule has 0 aromatic carbocycles. The third-order valence-corrected chi connectivity index (χ3v) is 2.21. The van der Waals surface area contributed by atoms with E-state index < -0.39 is 0 Å². The minimum atomic E-state index is 0.0537. The zero-order chi connectivity index (χ0) is 9.68. The van der Waals surface area contributed by atoms with Crippen LogP contribution < -0.4 is 5.32 Å². The highest BCUT2D eigenvalue weighted by atomic mass is 16.5. The summed E-state index contributed by atoms with van der Waals surface area (Å²) in [5, 5.41) is 3.00. The molecule has 0 spiro atoms. The number of nitrogens with one attached hydrogen (secondary N) is 1. The molecule has 3 heteroatoms. The molecule has 0 aromatic heterocycles. The molecular formula is C10H17NO2. The predicted molar refractivity (Wildman–Crippen MR) is 51.4 cm³/mol. The van der Waals surface area contributed by atoms with Crippen molar-refractivity contribution in [1.29, 1.82) is 0 Å². The summed E-state index contributed by atoms with van der Waals surface area (Å²) in [6, 6.07) is 0. The molecule has 0 saturated carbocycles. The van der Waals surface area contributed by atoms with Crippen LogP contribution in [0, 0.1) is 5.92 Å². The van der Waals surface area contributed by atoms with E-state index in [0.717, 1.165) is 31.6 Å². The number of rotatable bonds is 4. The van der Waals surface area contributed by atoms with Gasteiger partial charge in [-0.3, -0.25) is 4.79 Å². The van der Waals surface area contributed by atoms with Gasteiger partial charge in [-0.25, -0.2) is 0 Å². The molecule has 13 heavy (non-hydrogen) atoms. The number of allylic oxidation sites excluding steroid dienone is 1. The summed E-state index contributed by atoms with van der Waals surface area (Å²) in [7, 11) is 1.86. The van der Waals surface area contributed by atoms with Crippen LogP contribution in [0.3, 0.4) is 0 Å². The fourth-order valence-electron chi connectivity index (χ4n) is 1.46. The lowest BCUT2D eigenvalue weighted by Gasteiger charge is -2.16. The van der Waals surface area contributed by atoms with Gasteiger partial charge >= 0.3 is 0 Å². The first-order valence-corrected chi connectivity index (χ1v) is 4.75. The van der Waals surface area contributed by atoms with Crippen LogP contribution in [0.15, 0.2) is 11.8 Å². The second kappa shape index (κ2) is 5.02. The van der Waals surface area contributed by atoms with Crippen molar-refractivity contribution in [3.05, 3.63) is 11.8 Å². The number of carbonyl (C=O) groups excluding carboxylic acids is 1. The largest absolute Gasteiger partial charge is 0.501 e. The molecule has 1 atom stereocenters. The normalized spacial score (nSPS) is 18.8. The molecule has 1 heterocycles. The number of ether oxygens (including phenoxy) is 1. The van der Waals surface area contributed by atoms with Crippen molar-refractivity contribution in [3.8, 4) is 0 Å². The van der Waals surface area contributed by atoms with E-state index in [1.54, 1.807) is 6.26 Å². The van der Waals surface area contributed by atoms with Crippen molar-refractivity contribution in [2.45, 2.75) is 19.8 Å². The van der Waals surface area contributed by atoms with Gasteiger partial charge in [0.1, 0.15) is 0 Å². The average Bonchev–Trinajstić information content (AvgIpc) is 2.18. The van der Waals surface area contributed by atoms with Gasteiger partial charge in [-0.2, -0.15) is 0 Å². The Balaban J connectivity index is 2.50. The van der Waals surface area contributed by atoms with E-state index >= 15 is 0 Å². The number of hydrogen-bond acceptors (Lipinski definition) is 3. The van der Waals surface area contributed by atoms with Crippen LogP contribution in [0.1, 0.15) is 19.8 Å². The van der Waals surface area contributed by atoms with Gasteiger partial charge in [0.25, 0.3) is 0 Å². The number of Topliss-reactive ketones (excluding diaryl/α,β-unsaturated/α-hetero) is 1. The van der Waals surface area contributed by atoms with Gasteiger partial charge in [-0.15, -0.1) is 0 Å². The summed E-state index contributed by atoms with van der Waals surface area (Å²) < 4.78 is 5.13. The summed E-state index contributed by atoms with van der Waals surface area (Å²) in [5.74, 6) is 0.270. The molecule has 1 aliphatic heterocycles. The lowest BCUT2D eigenvalue weighted by atomic mass is 9.96. The topological polar surface area (TPSA) is 38.3 Å². The van der Waals surface area contributed by atoms with Gasteiger partial charge in [0.15, 0.2) is 5.78 Å². The highest BCUT2D eigenvalue weighted by molar-refractivity contribution is 5.96. The molecule has 3 nitrogen and oxygen atoms in total. The highest BCUT2D eigenvalue weighted by Gasteiger charge is 2.18. The third-order valence-electron chi connectivity index (χ3n) is 2.21. The van der Waals surface area contributed by atoms with Crippen molar-refractivity contribution >= 4 is 5.78 Å². The molecule has 0 radical (unpaired) electrons. The van der Waals surface area contributed by atoms with E-state index in [4.69, 9.17) is 4.74 Å². The molecule has 0 saturated heterocycles. The summed E-state index contributed by atoms with van der Waals surface area (Å²) in [5.41, 5.74) is 0.842. The maximum absolute atomic E-state index is 11.7. The van der Waals surface area contributed by atoms with Crippen molar-refractivity contribution in [3.63, 3.8) is 0 Å². The van der Waals surface area contributed by atoms with E-state index in [2.05, 4.69) is 5.32 Å². The lowest BCUT2D eigenvalue weighted by molar-refractivity contribution is -0.119. The maximum Gasteiger partial charge on any atom is 0.165 e. The maximum atomic E-state index is 11.7. The first kappa shape index (κ1) is 10.3. The Labute approximate surface area is 79.2 Å². The van der Waals surface area contributed by atoms with Crippen LogP contribution in [0.5, 0.6) is 0 Å². The smallest absolute Gasteiger partial charge is 0.165 e. The molecule has 0 aromatic rings. The van der Waals surface area contributed by atoms with Crippen LogP contribution in [-0.2, 0) is 9.53 Å². The zero-order valence-corrected chi connectivity index (χ0v) is 8.30. The van der Waals surface area contributed by atoms with Crippen molar-refractivity contribution in [2.75, 3.05) is 20.2 Å². The summed E-state index contributed by atoms with van der Waals surface area (Å²) in [4.78, 5) is 11.7. The Morgan fingerprint density at radius 3 is 3.08 bits per heavy atom. The van der Waals surface area contributed by atoms with Crippen LogP contribution in [-0.4, -0.2) is 26.0 Å². The molecule has 0 aliphatic carbocycles. The van der Waals surface area contributed by atoms with Gasteiger partial charge in [-0.1, -0.05) is 6.92 Å². The van der Waals surface area contributed by atoms with E-state index in [1.807, 2.05) is 14.0 Å². The van der Waals surface area contributed by atoms with Crippen molar-refractivity contribution in [1.82, 2.24) is 5.32 Å². The van der Waals surface area contributed by atoms with Gasteiger partial charge in [-0.05, 0) is 19.9 Å². The van der Waals surface area contributed by atoms with E-state index in [-0.39, 0.29) is 11.7 Å². The molecule has 0 amide bonds. The highest BCUT2D eigenvalue weighted by Crippen LogP contribution is 2.16. The van der Waals surface area contributed by atoms with Crippen LogP contribution in [0.4, 0.5) is 0 Å². The Kier molecular flexibility index (Phi) is 3.96. The molecule has 1 unspecified atom stereocenters. The third kappa shape index (κ3) is 2.84. The Morgan fingerprint density at radius 1 is 1.77 bits per heavy atom. The van der Waals surface area contributed by atoms with Gasteiger partial charge in [0.2, 0.25) is 0 Å². The molecule has 0 bridgehead atoms. The number of carbonyl (C=O) groups is 1. The Morgan fingerprint density at radius 2 is 2.54 bits per heavy atom. The monoisotopic (exact) mass is 183 g/mol. The molecule has 1 aliphatic rings. The molecule has 74 valence electrons. The van der Waals surface area contributed by atoms with Crippen molar-refractivity contribution < 1.29 is 9.53 Å². The summed E-state index contributed by atoms with van der Waals surface area (Å²) in [6.07, 6.45) is 3.45. The van der Waals surface area contributed by atoms with E-state index in [9.17, 15) is 4.79 Å². The second-order valence-corrected chi connectivity index (χ2v) is 3.44. The first-order valence-electron chi connectivity index (χ1n) is 4.75. The van der Waals surface area contributed by atoms with Crippen molar-refractivity contribution in [2.24, 2.45) is 5.92 Å². The predicted octanol–water partition coefficient (Wildman–Crippen LogP) is 1.11. The Hall–Kier alpha value is -0.830. The van der Waals surface area contributed by atoms with Gasteiger partial charge in [0, 0.05) is 18.0 Å². The molecule has 1 N–H and O–H groups in total. The molecule has 0 fully saturated rings. The Bertz CT molecular complexity index is 211. The van der Waals surface area contributed by atoms with Gasteiger partial charge < -0.3 is 10.1 Å². The average molecular weight is 183 g/mol. The van der Waals surface area contributed by atoms with Crippen LogP contribution >= 0.6 is 0 Å². The van der Waals surface area contributed by atoms with Crippen LogP contribution in [0.25, 0.3) is 0 Å². The molecular weight excluding hydrogens is 166 g/mol. The summed E-state index contributed by atoms with van der Waals surface area (Å²) in [6.45, 7) is 3.42. The van der Waals surface area contributed by atoms with E-state index in [0.29, 0.717) is 0 Å². The molecule has 1 rings (SSSR count). The second-order valence-electron chi connectivity index (χ2n) is 3.44. The SMILES string of the molecule is CNCC(C)C(=O)C1=COCCC1. The lowest BCUT2D eigenvalue weighted by Crippen LogP contribution is -2.25. The first-order chi connectivity index (χ1) is 6.25. The van der Waals surface area contributed by atoms with Crippen LogP contribution in [0.2, 0.25) is 0 Å². The zero-order valence-electron chi connectivity index (χ0n) is 8.30. The summed E-state index contributed by atoms with van der Waals surface area (Å²) >= 11 is 0.